The van der Waals surface area contributed by atoms with Crippen LogP contribution in [0.3, 0.4) is 0 Å². The molecule has 0 aliphatic heterocycles. The Morgan fingerprint density at radius 1 is 1.24 bits per heavy atom. The second-order valence-electron chi connectivity index (χ2n) is 4.94. The van der Waals surface area contributed by atoms with Crippen LogP contribution in [0.25, 0.3) is 6.08 Å². The number of esters is 1. The van der Waals surface area contributed by atoms with E-state index in [0.29, 0.717) is 5.75 Å². The Morgan fingerprint density at radius 3 is 2.48 bits per heavy atom. The molecule has 2 rings (SSSR count). The molecular weight excluding hydrogens is 324 g/mol. The first kappa shape index (κ1) is 17.8. The third-order valence-corrected chi connectivity index (χ3v) is 3.37. The lowest BCUT2D eigenvalue weighted by molar-refractivity contribution is -0.111. The number of furan rings is 1. The number of nitriles is 1. The van der Waals surface area contributed by atoms with Crippen LogP contribution in [0, 0.1) is 18.3 Å². The summed E-state index contributed by atoms with van der Waals surface area (Å²) in [5.41, 5.74) is 0.720. The maximum Gasteiger partial charge on any atom is 0.342 e. The molecule has 1 amide bonds. The Morgan fingerprint density at radius 2 is 1.92 bits per heavy atom. The predicted octanol–water partition coefficient (Wildman–Crippen LogP) is 2.91. The molecule has 0 fully saturated rings. The summed E-state index contributed by atoms with van der Waals surface area (Å²) in [5, 5.41) is 11.7. The Labute approximate surface area is 144 Å². The van der Waals surface area contributed by atoms with E-state index in [2.05, 4.69) is 10.1 Å². The number of amides is 1. The van der Waals surface area contributed by atoms with Gasteiger partial charge in [-0.05, 0) is 30.7 Å². The zero-order chi connectivity index (χ0) is 18.4. The fourth-order valence-corrected chi connectivity index (χ4v) is 2.13. The summed E-state index contributed by atoms with van der Waals surface area (Å²) >= 11 is 0. The third-order valence-electron chi connectivity index (χ3n) is 3.37. The van der Waals surface area contributed by atoms with E-state index in [4.69, 9.17) is 9.15 Å². The molecule has 7 nitrogen and oxygen atoms in total. The highest BCUT2D eigenvalue weighted by Crippen LogP contribution is 2.27. The third kappa shape index (κ3) is 4.06. The molecule has 25 heavy (non-hydrogen) atoms. The van der Waals surface area contributed by atoms with Crippen LogP contribution in [-0.4, -0.2) is 26.1 Å². The van der Waals surface area contributed by atoms with Gasteiger partial charge in [0.25, 0.3) is 5.91 Å². The molecule has 0 atom stereocenters. The van der Waals surface area contributed by atoms with Crippen LogP contribution in [0.1, 0.15) is 27.2 Å². The first-order valence-corrected chi connectivity index (χ1v) is 7.25. The zero-order valence-corrected chi connectivity index (χ0v) is 14.0. The molecule has 1 N–H and O–H groups in total. The highest BCUT2D eigenvalue weighted by Gasteiger charge is 2.24. The summed E-state index contributed by atoms with van der Waals surface area (Å²) in [6.07, 6.45) is 2.89. The molecule has 2 aromatic rings. The van der Waals surface area contributed by atoms with Crippen LogP contribution < -0.4 is 10.1 Å². The molecule has 1 heterocycles. The molecule has 0 saturated heterocycles. The van der Waals surface area contributed by atoms with E-state index in [0.717, 1.165) is 5.56 Å². The van der Waals surface area contributed by atoms with Gasteiger partial charge in [0.15, 0.2) is 0 Å². The van der Waals surface area contributed by atoms with E-state index in [1.807, 2.05) is 6.07 Å². The summed E-state index contributed by atoms with van der Waals surface area (Å²) in [5.74, 6) is -0.395. The van der Waals surface area contributed by atoms with Gasteiger partial charge in [-0.25, -0.2) is 4.79 Å². The van der Waals surface area contributed by atoms with Gasteiger partial charge in [-0.3, -0.25) is 10.1 Å². The Hall–Kier alpha value is -3.53. The van der Waals surface area contributed by atoms with Crippen molar-refractivity contribution in [3.05, 3.63) is 52.8 Å². The molecule has 0 aliphatic rings. The lowest BCUT2D eigenvalue weighted by Gasteiger charge is -2.00. The highest BCUT2D eigenvalue weighted by atomic mass is 16.5. The van der Waals surface area contributed by atoms with Crippen molar-refractivity contribution >= 4 is 23.8 Å². The molecule has 1 aromatic heterocycles. The van der Waals surface area contributed by atoms with Crippen molar-refractivity contribution in [2.75, 3.05) is 19.5 Å². The van der Waals surface area contributed by atoms with E-state index >= 15 is 0 Å². The normalized spacial score (nSPS) is 10.3. The minimum atomic E-state index is -0.702. The number of aryl methyl sites for hydroxylation is 1. The number of carbonyl (C=O) groups excluding carboxylic acids is 2. The Balaban J connectivity index is 2.16. The van der Waals surface area contributed by atoms with E-state index < -0.39 is 11.9 Å². The van der Waals surface area contributed by atoms with Crippen molar-refractivity contribution in [2.45, 2.75) is 6.92 Å². The van der Waals surface area contributed by atoms with E-state index in [1.54, 1.807) is 37.5 Å². The SMILES string of the molecule is COC(=O)c1c(C)oc(NC(=O)/C=C/c2ccc(OC)cc2)c1C#N. The maximum absolute atomic E-state index is 12.0. The molecule has 0 aliphatic carbocycles. The lowest BCUT2D eigenvalue weighted by atomic mass is 10.1. The van der Waals surface area contributed by atoms with Gasteiger partial charge in [-0.2, -0.15) is 5.26 Å². The van der Waals surface area contributed by atoms with E-state index in [1.165, 1.54) is 20.1 Å². The second kappa shape index (κ2) is 7.84. The summed E-state index contributed by atoms with van der Waals surface area (Å²) in [7, 11) is 2.77. The first-order valence-electron chi connectivity index (χ1n) is 7.25. The number of hydrogen-bond acceptors (Lipinski definition) is 6. The lowest BCUT2D eigenvalue weighted by Crippen LogP contribution is -2.09. The molecule has 0 spiro atoms. The van der Waals surface area contributed by atoms with Gasteiger partial charge in [0.2, 0.25) is 5.88 Å². The minimum absolute atomic E-state index is 0.000524. The van der Waals surface area contributed by atoms with Crippen molar-refractivity contribution in [1.82, 2.24) is 0 Å². The van der Waals surface area contributed by atoms with Crippen molar-refractivity contribution in [2.24, 2.45) is 0 Å². The summed E-state index contributed by atoms with van der Waals surface area (Å²) in [6, 6.07) is 8.96. The van der Waals surface area contributed by atoms with E-state index in [-0.39, 0.29) is 22.8 Å². The summed E-state index contributed by atoms with van der Waals surface area (Å²) in [6.45, 7) is 1.51. The monoisotopic (exact) mass is 340 g/mol. The number of carbonyl (C=O) groups is 2. The summed E-state index contributed by atoms with van der Waals surface area (Å²) in [4.78, 5) is 23.7. The minimum Gasteiger partial charge on any atom is -0.497 e. The fourth-order valence-electron chi connectivity index (χ4n) is 2.13. The number of nitrogens with zero attached hydrogens (tertiary/aromatic N) is 1. The van der Waals surface area contributed by atoms with Crippen LogP contribution in [0.15, 0.2) is 34.8 Å². The number of methoxy groups -OCH3 is 2. The number of hydrogen-bond donors (Lipinski definition) is 1. The molecule has 128 valence electrons. The average Bonchev–Trinajstić information content (AvgIpc) is 2.94. The zero-order valence-electron chi connectivity index (χ0n) is 14.0. The molecule has 0 unspecified atom stereocenters. The average molecular weight is 340 g/mol. The predicted molar refractivity (Wildman–Crippen MR) is 90.2 cm³/mol. The van der Waals surface area contributed by atoms with Gasteiger partial charge >= 0.3 is 5.97 Å². The molecule has 0 radical (unpaired) electrons. The van der Waals surface area contributed by atoms with Gasteiger partial charge in [0.1, 0.15) is 28.7 Å². The number of nitrogens with one attached hydrogen (secondary N) is 1. The Bertz CT molecular complexity index is 857. The van der Waals surface area contributed by atoms with Crippen molar-refractivity contribution in [3.63, 3.8) is 0 Å². The standard InChI is InChI=1S/C18H16N2O5/c1-11-16(18(22)24-3)14(10-19)17(25-11)20-15(21)9-6-12-4-7-13(23-2)8-5-12/h4-9H,1-3H3,(H,20,21)/b9-6+. The van der Waals surface area contributed by atoms with Gasteiger partial charge < -0.3 is 13.9 Å². The van der Waals surface area contributed by atoms with Crippen molar-refractivity contribution in [3.8, 4) is 11.8 Å². The smallest absolute Gasteiger partial charge is 0.342 e. The number of anilines is 1. The van der Waals surface area contributed by atoms with Gasteiger partial charge in [0.05, 0.1) is 14.2 Å². The van der Waals surface area contributed by atoms with Crippen LogP contribution in [0.2, 0.25) is 0 Å². The van der Waals surface area contributed by atoms with Crippen LogP contribution >= 0.6 is 0 Å². The van der Waals surface area contributed by atoms with Crippen LogP contribution in [0.5, 0.6) is 5.75 Å². The fraction of sp³-hybridized carbons (Fsp3) is 0.167. The van der Waals surface area contributed by atoms with Gasteiger partial charge in [0, 0.05) is 6.08 Å². The first-order chi connectivity index (χ1) is 12.0. The molecule has 1 aromatic carbocycles. The largest absolute Gasteiger partial charge is 0.497 e. The van der Waals surface area contributed by atoms with E-state index in [9.17, 15) is 14.9 Å². The molecule has 7 heteroatoms. The topological polar surface area (TPSA) is 102 Å². The number of ether oxygens (including phenoxy) is 2. The number of benzene rings is 1. The molecular formula is C18H16N2O5. The van der Waals surface area contributed by atoms with Crippen molar-refractivity contribution in [1.29, 1.82) is 5.26 Å². The van der Waals surface area contributed by atoms with Crippen molar-refractivity contribution < 1.29 is 23.5 Å². The highest BCUT2D eigenvalue weighted by molar-refractivity contribution is 6.03. The maximum atomic E-state index is 12.0. The van der Waals surface area contributed by atoms with Crippen LogP contribution in [-0.2, 0) is 9.53 Å². The second-order valence-corrected chi connectivity index (χ2v) is 4.94. The number of rotatable bonds is 5. The van der Waals surface area contributed by atoms with Gasteiger partial charge in [-0.15, -0.1) is 0 Å². The quantitative estimate of drug-likeness (QED) is 0.663. The summed E-state index contributed by atoms with van der Waals surface area (Å²) < 4.78 is 15.0. The van der Waals surface area contributed by atoms with Gasteiger partial charge in [-0.1, -0.05) is 12.1 Å². The molecule has 0 bridgehead atoms. The van der Waals surface area contributed by atoms with Crippen LogP contribution in [0.4, 0.5) is 5.88 Å². The Kier molecular flexibility index (Phi) is 5.58. The molecule has 0 saturated carbocycles.